The first-order valence-electron chi connectivity index (χ1n) is 3.69. The molecular formula is C8H11NO2S. The van der Waals surface area contributed by atoms with Gasteiger partial charge in [0.1, 0.15) is 0 Å². The maximum atomic E-state index is 4.43. The average Bonchev–Trinajstić information content (AvgIpc) is 2.15. The van der Waals surface area contributed by atoms with Gasteiger partial charge in [-0.05, 0) is 24.1 Å². The van der Waals surface area contributed by atoms with Crippen molar-refractivity contribution in [3.63, 3.8) is 0 Å². The molecule has 0 fully saturated rings. The van der Waals surface area contributed by atoms with E-state index < -0.39 is 0 Å². The first kappa shape index (κ1) is 9.38. The van der Waals surface area contributed by atoms with Crippen molar-refractivity contribution in [3.8, 4) is 0 Å². The molecule has 0 aliphatic carbocycles. The van der Waals surface area contributed by atoms with Gasteiger partial charge in [-0.25, -0.2) is 5.48 Å². The molecule has 0 aliphatic heterocycles. The van der Waals surface area contributed by atoms with Crippen LogP contribution in [0.5, 0.6) is 0 Å². The zero-order chi connectivity index (χ0) is 8.81. The predicted octanol–water partition coefficient (Wildman–Crippen LogP) is 2.37. The topological polar surface area (TPSA) is 30.5 Å². The van der Waals surface area contributed by atoms with E-state index in [2.05, 4.69) is 34.6 Å². The van der Waals surface area contributed by atoms with E-state index in [9.17, 15) is 0 Å². The summed E-state index contributed by atoms with van der Waals surface area (Å²) >= 11 is 3.41. The number of nitrogens with one attached hydrogen (secondary N) is 1. The normalized spacial score (nSPS) is 9.83. The molecule has 0 saturated heterocycles. The molecule has 0 aliphatic rings. The van der Waals surface area contributed by atoms with Crippen LogP contribution in [0, 0.1) is 0 Å². The van der Waals surface area contributed by atoms with Crippen LogP contribution in [0.1, 0.15) is 12.5 Å². The lowest BCUT2D eigenvalue weighted by atomic mass is 10.1. The minimum absolute atomic E-state index is 0.850. The fourth-order valence-electron chi connectivity index (χ4n) is 0.921. The highest BCUT2D eigenvalue weighted by molar-refractivity contribution is 7.74. The number of rotatable bonds is 4. The molecule has 1 rings (SSSR count). The van der Waals surface area contributed by atoms with Crippen molar-refractivity contribution in [2.45, 2.75) is 13.3 Å². The molecule has 1 aromatic rings. The molecule has 66 valence electrons. The molecule has 0 aromatic heterocycles. The summed E-state index contributed by atoms with van der Waals surface area (Å²) in [5, 5.41) is 0. The highest BCUT2D eigenvalue weighted by atomic mass is 32.1. The molecule has 0 saturated carbocycles. The molecule has 0 unspecified atom stereocenters. The van der Waals surface area contributed by atoms with Crippen LogP contribution in [0.4, 0.5) is 5.69 Å². The van der Waals surface area contributed by atoms with E-state index >= 15 is 0 Å². The third kappa shape index (κ3) is 2.73. The standard InChI is InChI=1S/C8H11NO2S/c1-2-7-4-3-5-8(6-7)9-10-11-12/h3-6,9,12H,2H2,1H3. The lowest BCUT2D eigenvalue weighted by molar-refractivity contribution is -0.158. The summed E-state index contributed by atoms with van der Waals surface area (Å²) in [6.45, 7) is 2.09. The zero-order valence-corrected chi connectivity index (χ0v) is 7.67. The van der Waals surface area contributed by atoms with Gasteiger partial charge < -0.3 is 0 Å². The Kier molecular flexibility index (Phi) is 3.93. The van der Waals surface area contributed by atoms with Crippen molar-refractivity contribution in [2.75, 3.05) is 5.48 Å². The first-order valence-corrected chi connectivity index (χ1v) is 4.05. The minimum Gasteiger partial charge on any atom is -0.234 e. The number of anilines is 1. The quantitative estimate of drug-likeness (QED) is 0.327. The number of thiol groups is 1. The summed E-state index contributed by atoms with van der Waals surface area (Å²) in [6.07, 6.45) is 0.997. The number of hydrogen-bond donors (Lipinski definition) is 2. The average molecular weight is 185 g/mol. The monoisotopic (exact) mass is 185 g/mol. The lowest BCUT2D eigenvalue weighted by Gasteiger charge is -2.03. The summed E-state index contributed by atoms with van der Waals surface area (Å²) in [7, 11) is 0. The van der Waals surface area contributed by atoms with Crippen molar-refractivity contribution in [2.24, 2.45) is 0 Å². The van der Waals surface area contributed by atoms with E-state index in [-0.39, 0.29) is 0 Å². The van der Waals surface area contributed by atoms with Gasteiger partial charge in [0.2, 0.25) is 0 Å². The molecule has 0 bridgehead atoms. The molecule has 0 atom stereocenters. The Hall–Kier alpha value is -0.710. The number of hydrogen-bond acceptors (Lipinski definition) is 4. The van der Waals surface area contributed by atoms with Gasteiger partial charge in [-0.15, -0.1) is 9.32 Å². The van der Waals surface area contributed by atoms with Crippen molar-refractivity contribution < 1.29 is 9.32 Å². The molecule has 0 radical (unpaired) electrons. The third-order valence-electron chi connectivity index (χ3n) is 1.53. The molecule has 1 N–H and O–H groups in total. The van der Waals surface area contributed by atoms with Crippen molar-refractivity contribution in [1.29, 1.82) is 0 Å². The van der Waals surface area contributed by atoms with E-state index in [4.69, 9.17) is 0 Å². The molecule has 4 heteroatoms. The Morgan fingerprint density at radius 2 is 2.33 bits per heavy atom. The van der Waals surface area contributed by atoms with Crippen molar-refractivity contribution in [3.05, 3.63) is 29.8 Å². The summed E-state index contributed by atoms with van der Waals surface area (Å²) < 4.78 is 4.10. The van der Waals surface area contributed by atoms with Gasteiger partial charge in [-0.3, -0.25) is 0 Å². The zero-order valence-electron chi connectivity index (χ0n) is 6.78. The van der Waals surface area contributed by atoms with E-state index in [0.29, 0.717) is 0 Å². The fourth-order valence-corrected chi connectivity index (χ4v) is 0.959. The van der Waals surface area contributed by atoms with Crippen LogP contribution in [-0.4, -0.2) is 0 Å². The molecule has 12 heavy (non-hydrogen) atoms. The molecular weight excluding hydrogens is 174 g/mol. The van der Waals surface area contributed by atoms with Gasteiger partial charge in [-0.2, -0.15) is 0 Å². The van der Waals surface area contributed by atoms with Gasteiger partial charge in [0.25, 0.3) is 0 Å². The molecule has 0 spiro atoms. The predicted molar refractivity (Wildman–Crippen MR) is 50.6 cm³/mol. The van der Waals surface area contributed by atoms with Gasteiger partial charge in [-0.1, -0.05) is 19.1 Å². The molecule has 0 amide bonds. The van der Waals surface area contributed by atoms with Crippen LogP contribution in [0.3, 0.4) is 0 Å². The van der Waals surface area contributed by atoms with Gasteiger partial charge >= 0.3 is 0 Å². The van der Waals surface area contributed by atoms with Crippen LogP contribution in [0.25, 0.3) is 0 Å². The van der Waals surface area contributed by atoms with Crippen molar-refractivity contribution >= 4 is 18.6 Å². The third-order valence-corrected chi connectivity index (χ3v) is 1.61. The summed E-state index contributed by atoms with van der Waals surface area (Å²) in [5.74, 6) is 0. The second-order valence-electron chi connectivity index (χ2n) is 2.31. The van der Waals surface area contributed by atoms with Crippen LogP contribution in [-0.2, 0) is 15.7 Å². The lowest BCUT2D eigenvalue weighted by Crippen LogP contribution is -1.97. The SMILES string of the molecule is CCc1cccc(NOOS)c1. The smallest absolute Gasteiger partial charge is 0.0637 e. The maximum absolute atomic E-state index is 4.43. The highest BCUT2D eigenvalue weighted by Crippen LogP contribution is 2.10. The molecule has 0 heterocycles. The summed E-state index contributed by atoms with van der Waals surface area (Å²) in [5.41, 5.74) is 4.66. The summed E-state index contributed by atoms with van der Waals surface area (Å²) in [6, 6.07) is 7.86. The Morgan fingerprint density at radius 1 is 1.50 bits per heavy atom. The Labute approximate surface area is 77.2 Å². The summed E-state index contributed by atoms with van der Waals surface area (Å²) in [4.78, 5) is 4.43. The van der Waals surface area contributed by atoms with Gasteiger partial charge in [0.05, 0.1) is 5.69 Å². The second kappa shape index (κ2) is 5.03. The van der Waals surface area contributed by atoms with Crippen LogP contribution >= 0.6 is 12.9 Å². The van der Waals surface area contributed by atoms with Crippen LogP contribution < -0.4 is 5.48 Å². The van der Waals surface area contributed by atoms with Crippen molar-refractivity contribution in [1.82, 2.24) is 0 Å². The number of aryl methyl sites for hydroxylation is 1. The van der Waals surface area contributed by atoms with E-state index in [1.54, 1.807) is 0 Å². The second-order valence-corrected chi connectivity index (χ2v) is 2.46. The largest absolute Gasteiger partial charge is 0.234 e. The Bertz CT molecular complexity index is 242. The van der Waals surface area contributed by atoms with Gasteiger partial charge in [0, 0.05) is 12.9 Å². The first-order chi connectivity index (χ1) is 5.86. The van der Waals surface area contributed by atoms with Crippen LogP contribution in [0.2, 0.25) is 0 Å². The van der Waals surface area contributed by atoms with Gasteiger partial charge in [0.15, 0.2) is 0 Å². The van der Waals surface area contributed by atoms with Crippen LogP contribution in [0.15, 0.2) is 24.3 Å². The van der Waals surface area contributed by atoms with E-state index in [0.717, 1.165) is 12.1 Å². The molecule has 1 aromatic carbocycles. The Balaban J connectivity index is 2.60. The highest BCUT2D eigenvalue weighted by Gasteiger charge is 1.92. The van der Waals surface area contributed by atoms with E-state index in [1.807, 2.05) is 24.3 Å². The molecule has 3 nitrogen and oxygen atoms in total. The fraction of sp³-hybridized carbons (Fsp3) is 0.250. The number of benzene rings is 1. The van der Waals surface area contributed by atoms with E-state index in [1.165, 1.54) is 5.56 Å². The Morgan fingerprint density at radius 3 is 3.00 bits per heavy atom. The maximum Gasteiger partial charge on any atom is 0.0637 e. The minimum atomic E-state index is 0.850.